The van der Waals surface area contributed by atoms with Crippen LogP contribution in [0.1, 0.15) is 83.6 Å². The van der Waals surface area contributed by atoms with E-state index in [-0.39, 0.29) is 24.9 Å². The first kappa shape index (κ1) is 25.4. The van der Waals surface area contributed by atoms with E-state index in [1.165, 1.54) is 4.90 Å². The van der Waals surface area contributed by atoms with Crippen LogP contribution < -0.4 is 0 Å². The normalized spacial score (nSPS) is 16.2. The first-order valence-electron chi connectivity index (χ1n) is 10.7. The number of rotatable bonds is 4. The van der Waals surface area contributed by atoms with Gasteiger partial charge in [-0.3, -0.25) is 9.59 Å². The van der Waals surface area contributed by atoms with Crippen molar-refractivity contribution >= 4 is 23.9 Å². The van der Waals surface area contributed by atoms with Gasteiger partial charge in [0.1, 0.15) is 23.3 Å². The summed E-state index contributed by atoms with van der Waals surface area (Å²) in [6.45, 7) is 14.0. The lowest BCUT2D eigenvalue weighted by Gasteiger charge is -2.34. The van der Waals surface area contributed by atoms with E-state index < -0.39 is 41.6 Å². The van der Waals surface area contributed by atoms with Crippen molar-refractivity contribution in [2.45, 2.75) is 92.0 Å². The van der Waals surface area contributed by atoms with Crippen LogP contribution in [0.4, 0.5) is 9.59 Å². The fraction of sp³-hybridized carbons (Fsp3) is 0.682. The number of ketones is 1. The molecule has 1 aromatic heterocycles. The molecule has 1 amide bonds. The largest absolute Gasteiger partial charge is 0.466 e. The van der Waals surface area contributed by atoms with Gasteiger partial charge in [-0.15, -0.1) is 0 Å². The Morgan fingerprint density at radius 2 is 1.56 bits per heavy atom. The van der Waals surface area contributed by atoms with Gasteiger partial charge in [-0.05, 0) is 55.4 Å². The van der Waals surface area contributed by atoms with E-state index in [2.05, 4.69) is 5.10 Å². The van der Waals surface area contributed by atoms with Crippen LogP contribution in [-0.2, 0) is 32.0 Å². The molecule has 0 saturated carbocycles. The molecule has 2 heterocycles. The minimum Gasteiger partial charge on any atom is -0.466 e. The highest BCUT2D eigenvalue weighted by atomic mass is 16.6. The van der Waals surface area contributed by atoms with Gasteiger partial charge in [0.25, 0.3) is 0 Å². The first-order chi connectivity index (χ1) is 14.6. The Labute approximate surface area is 188 Å². The van der Waals surface area contributed by atoms with Gasteiger partial charge in [-0.2, -0.15) is 9.78 Å². The number of esters is 1. The molecule has 0 N–H and O–H groups in total. The van der Waals surface area contributed by atoms with Crippen LogP contribution in [0.5, 0.6) is 0 Å². The zero-order valence-corrected chi connectivity index (χ0v) is 20.1. The lowest BCUT2D eigenvalue weighted by atomic mass is 9.98. The molecule has 2 rings (SSSR count). The van der Waals surface area contributed by atoms with Crippen LogP contribution in [0.2, 0.25) is 0 Å². The quantitative estimate of drug-likeness (QED) is 0.296. The molecule has 1 aliphatic rings. The third kappa shape index (κ3) is 6.30. The molecule has 1 aromatic rings. The van der Waals surface area contributed by atoms with Crippen molar-refractivity contribution in [3.05, 3.63) is 17.0 Å². The average molecular weight is 452 g/mol. The highest BCUT2D eigenvalue weighted by Gasteiger charge is 2.38. The molecular weight excluding hydrogens is 418 g/mol. The summed E-state index contributed by atoms with van der Waals surface area (Å²) >= 11 is 0. The third-order valence-electron chi connectivity index (χ3n) is 4.48. The fourth-order valence-corrected chi connectivity index (χ4v) is 3.26. The lowest BCUT2D eigenvalue weighted by Crippen LogP contribution is -2.45. The molecule has 178 valence electrons. The van der Waals surface area contributed by atoms with Crippen molar-refractivity contribution in [3.8, 4) is 0 Å². The van der Waals surface area contributed by atoms with E-state index in [4.69, 9.17) is 14.2 Å². The maximum absolute atomic E-state index is 13.0. The fourth-order valence-electron chi connectivity index (χ4n) is 3.26. The molecule has 0 saturated heterocycles. The number of aromatic nitrogens is 2. The lowest BCUT2D eigenvalue weighted by molar-refractivity contribution is -0.142. The van der Waals surface area contributed by atoms with Gasteiger partial charge >= 0.3 is 18.2 Å². The topological polar surface area (TPSA) is 117 Å². The molecule has 0 bridgehead atoms. The number of hydrogen-bond donors (Lipinski definition) is 0. The molecule has 1 aliphatic heterocycles. The van der Waals surface area contributed by atoms with E-state index in [0.29, 0.717) is 17.7 Å². The van der Waals surface area contributed by atoms with Crippen molar-refractivity contribution in [1.29, 1.82) is 0 Å². The Balaban J connectivity index is 2.48. The maximum Gasteiger partial charge on any atom is 0.435 e. The summed E-state index contributed by atoms with van der Waals surface area (Å²) in [6.07, 6.45) is -1.62. The van der Waals surface area contributed by atoms with Crippen LogP contribution in [0, 0.1) is 0 Å². The number of carbonyl (C=O) groups is 4. The van der Waals surface area contributed by atoms with Crippen molar-refractivity contribution in [2.24, 2.45) is 0 Å². The summed E-state index contributed by atoms with van der Waals surface area (Å²) in [7, 11) is 0. The summed E-state index contributed by atoms with van der Waals surface area (Å²) in [6, 6.07) is -0.271. The molecule has 32 heavy (non-hydrogen) atoms. The second-order valence-electron chi connectivity index (χ2n) is 9.73. The summed E-state index contributed by atoms with van der Waals surface area (Å²) in [5.74, 6) is -1.35. The Kier molecular flexibility index (Phi) is 7.36. The molecule has 0 radical (unpaired) electrons. The van der Waals surface area contributed by atoms with Crippen LogP contribution >= 0.6 is 0 Å². The van der Waals surface area contributed by atoms with E-state index in [9.17, 15) is 19.2 Å². The van der Waals surface area contributed by atoms with Gasteiger partial charge in [0, 0.05) is 18.0 Å². The van der Waals surface area contributed by atoms with E-state index in [1.54, 1.807) is 48.5 Å². The molecule has 10 nitrogen and oxygen atoms in total. The highest BCUT2D eigenvalue weighted by Crippen LogP contribution is 2.29. The minimum atomic E-state index is -0.837. The number of Topliss-reactive ketones (excluding diaryl/α,β-unsaturated/α-hetero) is 1. The first-order valence-corrected chi connectivity index (χ1v) is 10.7. The van der Waals surface area contributed by atoms with Gasteiger partial charge in [0.15, 0.2) is 5.78 Å². The van der Waals surface area contributed by atoms with Crippen molar-refractivity contribution < 1.29 is 33.4 Å². The Hall–Kier alpha value is -2.91. The predicted molar refractivity (Wildman–Crippen MR) is 114 cm³/mol. The number of ether oxygens (including phenoxy) is 3. The average Bonchev–Trinajstić information content (AvgIpc) is 2.96. The minimum absolute atomic E-state index is 0.0120. The zero-order valence-electron chi connectivity index (χ0n) is 20.1. The third-order valence-corrected chi connectivity index (χ3v) is 4.48. The van der Waals surface area contributed by atoms with Gasteiger partial charge in [0.2, 0.25) is 0 Å². The molecule has 0 spiro atoms. The van der Waals surface area contributed by atoms with Gasteiger partial charge in [-0.25, -0.2) is 9.59 Å². The van der Waals surface area contributed by atoms with E-state index in [1.807, 2.05) is 6.92 Å². The smallest absolute Gasteiger partial charge is 0.435 e. The molecular formula is C22H33N3O7. The molecule has 10 heteroatoms. The molecule has 0 aromatic carbocycles. The van der Waals surface area contributed by atoms with Crippen LogP contribution in [0.25, 0.3) is 0 Å². The van der Waals surface area contributed by atoms with E-state index in [0.717, 1.165) is 4.68 Å². The molecule has 0 fully saturated rings. The molecule has 0 aliphatic carbocycles. The van der Waals surface area contributed by atoms with Gasteiger partial charge in [0.05, 0.1) is 18.8 Å². The number of carbonyl (C=O) groups excluding carboxylic acids is 4. The monoisotopic (exact) mass is 451 g/mol. The number of nitrogens with zero attached hydrogens (tertiary/aromatic N) is 3. The van der Waals surface area contributed by atoms with Crippen LogP contribution in [0.15, 0.2) is 0 Å². The summed E-state index contributed by atoms with van der Waals surface area (Å²) in [5, 5.41) is 4.32. The summed E-state index contributed by atoms with van der Waals surface area (Å²) in [4.78, 5) is 52.0. The Bertz CT molecular complexity index is 906. The molecule has 0 unspecified atom stereocenters. The standard InChI is InChI=1S/C22H33N3O7/c1-9-30-17(27)11-16(26)18-14-12-24(19(28)31-21(3,4)5)13(2)10-15(14)23-25(18)20(29)32-22(6,7)8/h13H,9-12H2,1-8H3/t13-/m1/s1. The number of amides is 1. The highest BCUT2D eigenvalue weighted by molar-refractivity contribution is 6.07. The van der Waals surface area contributed by atoms with Crippen LogP contribution in [0.3, 0.4) is 0 Å². The summed E-state index contributed by atoms with van der Waals surface area (Å²) in [5.41, 5.74) is -0.700. The Morgan fingerprint density at radius 1 is 1.00 bits per heavy atom. The molecule has 1 atom stereocenters. The van der Waals surface area contributed by atoms with Crippen molar-refractivity contribution in [2.75, 3.05) is 6.61 Å². The van der Waals surface area contributed by atoms with Crippen molar-refractivity contribution in [1.82, 2.24) is 14.7 Å². The SMILES string of the molecule is CCOC(=O)CC(=O)c1c2c(nn1C(=O)OC(C)(C)C)C[C@@H](C)N(C(=O)OC(C)(C)C)C2. The van der Waals surface area contributed by atoms with Gasteiger partial charge < -0.3 is 19.1 Å². The van der Waals surface area contributed by atoms with Crippen molar-refractivity contribution in [3.63, 3.8) is 0 Å². The van der Waals surface area contributed by atoms with Gasteiger partial charge in [-0.1, -0.05) is 0 Å². The van der Waals surface area contributed by atoms with E-state index >= 15 is 0 Å². The zero-order chi connectivity index (χ0) is 24.4. The Morgan fingerprint density at radius 3 is 2.09 bits per heavy atom. The second kappa shape index (κ2) is 9.30. The summed E-state index contributed by atoms with van der Waals surface area (Å²) < 4.78 is 16.7. The van der Waals surface area contributed by atoms with Crippen LogP contribution in [-0.4, -0.2) is 62.5 Å². The number of hydrogen-bond acceptors (Lipinski definition) is 8. The predicted octanol–water partition coefficient (Wildman–Crippen LogP) is 3.48. The number of fused-ring (bicyclic) bond motifs is 1. The maximum atomic E-state index is 13.0. The second-order valence-corrected chi connectivity index (χ2v) is 9.73.